The summed E-state index contributed by atoms with van der Waals surface area (Å²) >= 11 is 0. The summed E-state index contributed by atoms with van der Waals surface area (Å²) < 4.78 is 55.9. The maximum Gasteiger partial charge on any atom is 0.416 e. The molecule has 0 unspecified atom stereocenters. The first-order chi connectivity index (χ1) is 9.77. The lowest BCUT2D eigenvalue weighted by Crippen LogP contribution is -2.07. The molecule has 0 radical (unpaired) electrons. The van der Waals surface area contributed by atoms with Gasteiger partial charge in [0, 0.05) is 0 Å². The summed E-state index contributed by atoms with van der Waals surface area (Å²) in [5.41, 5.74) is -1.44. The van der Waals surface area contributed by atoms with Crippen molar-refractivity contribution in [3.63, 3.8) is 0 Å². The van der Waals surface area contributed by atoms with Crippen molar-refractivity contribution in [2.24, 2.45) is 0 Å². The Labute approximate surface area is 116 Å². The fourth-order valence-corrected chi connectivity index (χ4v) is 1.60. The predicted molar refractivity (Wildman–Crippen MR) is 64.4 cm³/mol. The molecule has 0 amide bonds. The van der Waals surface area contributed by atoms with Gasteiger partial charge in [0.2, 0.25) is 0 Å². The van der Waals surface area contributed by atoms with Crippen LogP contribution in [0.15, 0.2) is 34.9 Å². The van der Waals surface area contributed by atoms with Gasteiger partial charge in [-0.05, 0) is 24.3 Å². The molecule has 0 atom stereocenters. The number of hydrogen-bond donors (Lipinski definition) is 2. The molecule has 0 aliphatic heterocycles. The number of benzene rings is 1. The molecular formula is C13H9F4NO3. The number of hydrogen-bond acceptors (Lipinski definition) is 3. The molecule has 2 aromatic rings. The lowest BCUT2D eigenvalue weighted by molar-refractivity contribution is -0.137. The van der Waals surface area contributed by atoms with E-state index in [4.69, 9.17) is 9.52 Å². The molecule has 0 bridgehead atoms. The van der Waals surface area contributed by atoms with Crippen LogP contribution in [0.2, 0.25) is 0 Å². The molecule has 0 fully saturated rings. The highest BCUT2D eigenvalue weighted by molar-refractivity contribution is 5.87. The number of halogens is 4. The zero-order valence-electron chi connectivity index (χ0n) is 10.4. The van der Waals surface area contributed by atoms with Crippen molar-refractivity contribution in [2.45, 2.75) is 12.7 Å². The highest BCUT2D eigenvalue weighted by Gasteiger charge is 2.31. The van der Waals surface area contributed by atoms with E-state index in [0.29, 0.717) is 18.2 Å². The van der Waals surface area contributed by atoms with Crippen molar-refractivity contribution in [3.8, 4) is 0 Å². The maximum atomic E-state index is 13.4. The lowest BCUT2D eigenvalue weighted by atomic mass is 10.2. The first-order valence-corrected chi connectivity index (χ1v) is 5.68. The smallest absolute Gasteiger partial charge is 0.416 e. The summed E-state index contributed by atoms with van der Waals surface area (Å²) in [7, 11) is 0. The minimum absolute atomic E-state index is 0.101. The highest BCUT2D eigenvalue weighted by Crippen LogP contribution is 2.31. The van der Waals surface area contributed by atoms with Gasteiger partial charge in [-0.1, -0.05) is 0 Å². The zero-order chi connectivity index (χ0) is 15.6. The van der Waals surface area contributed by atoms with Gasteiger partial charge in [0.05, 0.1) is 23.4 Å². The molecule has 0 aliphatic carbocycles. The largest absolute Gasteiger partial charge is 0.478 e. The Morgan fingerprint density at radius 1 is 1.29 bits per heavy atom. The molecule has 0 saturated heterocycles. The number of carbonyl (C=O) groups is 1. The van der Waals surface area contributed by atoms with Crippen molar-refractivity contribution in [2.75, 3.05) is 5.32 Å². The van der Waals surface area contributed by atoms with Crippen molar-refractivity contribution in [3.05, 3.63) is 53.2 Å². The molecular weight excluding hydrogens is 294 g/mol. The maximum absolute atomic E-state index is 13.4. The van der Waals surface area contributed by atoms with Gasteiger partial charge in [-0.2, -0.15) is 13.2 Å². The van der Waals surface area contributed by atoms with E-state index in [0.717, 1.165) is 6.26 Å². The number of nitrogens with one attached hydrogen (secondary N) is 1. The van der Waals surface area contributed by atoms with E-state index in [1.807, 2.05) is 0 Å². The van der Waals surface area contributed by atoms with Crippen LogP contribution in [0, 0.1) is 5.82 Å². The summed E-state index contributed by atoms with van der Waals surface area (Å²) in [5.74, 6) is -1.90. The van der Waals surface area contributed by atoms with E-state index in [-0.39, 0.29) is 23.6 Å². The van der Waals surface area contributed by atoms with Crippen LogP contribution in [0.3, 0.4) is 0 Å². The third-order valence-electron chi connectivity index (χ3n) is 2.65. The molecule has 4 nitrogen and oxygen atoms in total. The Balaban J connectivity index is 2.13. The first kappa shape index (κ1) is 14.9. The number of anilines is 1. The number of alkyl halides is 3. The third-order valence-corrected chi connectivity index (χ3v) is 2.65. The Hall–Kier alpha value is -2.51. The normalized spacial score (nSPS) is 11.4. The zero-order valence-corrected chi connectivity index (χ0v) is 10.4. The average molecular weight is 303 g/mol. The van der Waals surface area contributed by atoms with Crippen LogP contribution in [0.5, 0.6) is 0 Å². The van der Waals surface area contributed by atoms with E-state index in [1.54, 1.807) is 0 Å². The predicted octanol–water partition coefficient (Wildman–Crippen LogP) is 3.75. The molecule has 2 N–H and O–H groups in total. The van der Waals surface area contributed by atoms with Crippen molar-refractivity contribution in [1.29, 1.82) is 0 Å². The number of carboxylic acids is 1. The first-order valence-electron chi connectivity index (χ1n) is 5.68. The van der Waals surface area contributed by atoms with Crippen molar-refractivity contribution < 1.29 is 31.9 Å². The fourth-order valence-electron chi connectivity index (χ4n) is 1.60. The van der Waals surface area contributed by atoms with Crippen LogP contribution in [-0.4, -0.2) is 11.1 Å². The highest BCUT2D eigenvalue weighted by atomic mass is 19.4. The Kier molecular flexibility index (Phi) is 3.88. The molecule has 0 aliphatic rings. The molecule has 1 heterocycles. The van der Waals surface area contributed by atoms with Gasteiger partial charge in [-0.3, -0.25) is 0 Å². The third kappa shape index (κ3) is 3.53. The molecule has 112 valence electrons. The molecule has 2 rings (SSSR count). The summed E-state index contributed by atoms with van der Waals surface area (Å²) in [5, 5.41) is 11.1. The fraction of sp³-hybridized carbons (Fsp3) is 0.154. The van der Waals surface area contributed by atoms with E-state index < -0.39 is 23.5 Å². The van der Waals surface area contributed by atoms with E-state index in [1.165, 1.54) is 6.07 Å². The second-order valence-corrected chi connectivity index (χ2v) is 4.15. The number of aromatic carboxylic acids is 1. The van der Waals surface area contributed by atoms with Crippen LogP contribution >= 0.6 is 0 Å². The number of furan rings is 1. The molecule has 8 heteroatoms. The molecule has 0 saturated carbocycles. The molecule has 1 aromatic carbocycles. The van der Waals surface area contributed by atoms with Crippen LogP contribution in [0.4, 0.5) is 23.2 Å². The summed E-state index contributed by atoms with van der Waals surface area (Å²) in [6.45, 7) is -0.147. The second kappa shape index (κ2) is 5.47. The topological polar surface area (TPSA) is 62.5 Å². The van der Waals surface area contributed by atoms with Crippen LogP contribution < -0.4 is 5.32 Å². The summed E-state index contributed by atoms with van der Waals surface area (Å²) in [6.07, 6.45) is -3.59. The van der Waals surface area contributed by atoms with Crippen LogP contribution in [-0.2, 0) is 12.7 Å². The Bertz CT molecular complexity index is 664. The SMILES string of the molecule is O=C(O)c1coc(CNc2cc(C(F)(F)F)ccc2F)c1. The average Bonchev–Trinajstić information content (AvgIpc) is 2.85. The van der Waals surface area contributed by atoms with E-state index in [2.05, 4.69) is 5.32 Å². The number of carboxylic acid groups (broad SMARTS) is 1. The van der Waals surface area contributed by atoms with Crippen molar-refractivity contribution >= 4 is 11.7 Å². The Morgan fingerprint density at radius 2 is 2.00 bits per heavy atom. The van der Waals surface area contributed by atoms with E-state index in [9.17, 15) is 22.4 Å². The van der Waals surface area contributed by atoms with Gasteiger partial charge < -0.3 is 14.8 Å². The van der Waals surface area contributed by atoms with Crippen LogP contribution in [0.25, 0.3) is 0 Å². The molecule has 1 aromatic heterocycles. The number of rotatable bonds is 4. The van der Waals surface area contributed by atoms with Crippen molar-refractivity contribution in [1.82, 2.24) is 0 Å². The minimum atomic E-state index is -4.58. The quantitative estimate of drug-likeness (QED) is 0.844. The van der Waals surface area contributed by atoms with Gasteiger partial charge in [-0.15, -0.1) is 0 Å². The standard InChI is InChI=1S/C13H9F4NO3/c14-10-2-1-8(13(15,16)17)4-11(10)18-5-9-3-7(6-21-9)12(19)20/h1-4,6,18H,5H2,(H,19,20). The molecule has 21 heavy (non-hydrogen) atoms. The van der Waals surface area contributed by atoms with Gasteiger partial charge in [0.25, 0.3) is 0 Å². The van der Waals surface area contributed by atoms with Gasteiger partial charge >= 0.3 is 12.1 Å². The van der Waals surface area contributed by atoms with Gasteiger partial charge in [-0.25, -0.2) is 9.18 Å². The van der Waals surface area contributed by atoms with Crippen LogP contribution in [0.1, 0.15) is 21.7 Å². The molecule has 0 spiro atoms. The second-order valence-electron chi connectivity index (χ2n) is 4.15. The lowest BCUT2D eigenvalue weighted by Gasteiger charge is -2.10. The Morgan fingerprint density at radius 3 is 2.57 bits per heavy atom. The summed E-state index contributed by atoms with van der Waals surface area (Å²) in [4.78, 5) is 10.6. The minimum Gasteiger partial charge on any atom is -0.478 e. The van der Waals surface area contributed by atoms with Gasteiger partial charge in [0.15, 0.2) is 0 Å². The van der Waals surface area contributed by atoms with E-state index >= 15 is 0 Å². The summed E-state index contributed by atoms with van der Waals surface area (Å²) in [6, 6.07) is 3.17. The monoisotopic (exact) mass is 303 g/mol. The van der Waals surface area contributed by atoms with Gasteiger partial charge in [0.1, 0.15) is 17.8 Å².